The zero-order valence-corrected chi connectivity index (χ0v) is 10.6. The van der Waals surface area contributed by atoms with E-state index in [1.54, 1.807) is 0 Å². The predicted molar refractivity (Wildman–Crippen MR) is 62.7 cm³/mol. The fourth-order valence-corrected chi connectivity index (χ4v) is 3.09. The van der Waals surface area contributed by atoms with Gasteiger partial charge in [0.2, 0.25) is 0 Å². The fraction of sp³-hybridized carbons (Fsp3) is 0.727. The lowest BCUT2D eigenvalue weighted by Crippen LogP contribution is -2.20. The molecule has 1 heterocycles. The van der Waals surface area contributed by atoms with Crippen molar-refractivity contribution in [3.8, 4) is 0 Å². The molecule has 4 heteroatoms. The van der Waals surface area contributed by atoms with Crippen LogP contribution in [0.25, 0.3) is 0 Å². The van der Waals surface area contributed by atoms with Crippen molar-refractivity contribution in [1.29, 1.82) is 0 Å². The molecule has 0 aromatic carbocycles. The van der Waals surface area contributed by atoms with E-state index < -0.39 is 0 Å². The molecular weight excluding hydrogens is 256 g/mol. The summed E-state index contributed by atoms with van der Waals surface area (Å²) in [6.07, 6.45) is 7.18. The van der Waals surface area contributed by atoms with E-state index in [1.807, 2.05) is 17.9 Å². The van der Waals surface area contributed by atoms with Crippen LogP contribution in [0.15, 0.2) is 10.7 Å². The fourth-order valence-electron chi connectivity index (χ4n) is 2.44. The van der Waals surface area contributed by atoms with Crippen molar-refractivity contribution >= 4 is 15.9 Å². The molecule has 1 aromatic heterocycles. The van der Waals surface area contributed by atoms with Gasteiger partial charge in [-0.05, 0) is 28.8 Å². The Morgan fingerprint density at radius 2 is 2.13 bits per heavy atom. The molecule has 15 heavy (non-hydrogen) atoms. The zero-order valence-electron chi connectivity index (χ0n) is 8.99. The van der Waals surface area contributed by atoms with E-state index in [0.29, 0.717) is 0 Å². The number of aryl methyl sites for hydroxylation is 1. The molecule has 2 unspecified atom stereocenters. The van der Waals surface area contributed by atoms with Gasteiger partial charge in [0.05, 0.1) is 22.5 Å². The lowest BCUT2D eigenvalue weighted by Gasteiger charge is -2.21. The normalized spacial score (nSPS) is 27.7. The van der Waals surface area contributed by atoms with Crippen LogP contribution in [-0.2, 0) is 7.05 Å². The number of hydrogen-bond acceptors (Lipinski definition) is 2. The molecule has 1 aromatic rings. The van der Waals surface area contributed by atoms with Crippen molar-refractivity contribution in [3.05, 3.63) is 16.4 Å². The van der Waals surface area contributed by atoms with Gasteiger partial charge in [0, 0.05) is 13.0 Å². The number of rotatable bonds is 1. The molecular formula is C11H17BrN2O. The molecule has 0 saturated heterocycles. The van der Waals surface area contributed by atoms with E-state index in [9.17, 15) is 5.11 Å². The van der Waals surface area contributed by atoms with Gasteiger partial charge >= 0.3 is 0 Å². The number of halogens is 1. The van der Waals surface area contributed by atoms with Crippen LogP contribution in [0.3, 0.4) is 0 Å². The summed E-state index contributed by atoms with van der Waals surface area (Å²) in [6.45, 7) is 0. The largest absolute Gasteiger partial charge is 0.392 e. The third kappa shape index (κ3) is 2.26. The summed E-state index contributed by atoms with van der Waals surface area (Å²) in [7, 11) is 1.94. The molecule has 3 nitrogen and oxygen atoms in total. The van der Waals surface area contributed by atoms with Crippen LogP contribution >= 0.6 is 15.9 Å². The van der Waals surface area contributed by atoms with Crippen molar-refractivity contribution < 1.29 is 5.11 Å². The SMILES string of the molecule is Cn1ncc(Br)c1C1CCCCCC1O. The Balaban J connectivity index is 2.27. The minimum atomic E-state index is -0.209. The highest BCUT2D eigenvalue weighted by Crippen LogP contribution is 2.35. The summed E-state index contributed by atoms with van der Waals surface area (Å²) in [5.41, 5.74) is 1.14. The summed E-state index contributed by atoms with van der Waals surface area (Å²) < 4.78 is 2.90. The van der Waals surface area contributed by atoms with Crippen LogP contribution in [0, 0.1) is 0 Å². The van der Waals surface area contributed by atoms with Crippen LogP contribution < -0.4 is 0 Å². The Morgan fingerprint density at radius 1 is 1.40 bits per heavy atom. The van der Waals surface area contributed by atoms with E-state index in [2.05, 4.69) is 21.0 Å². The second-order valence-corrected chi connectivity index (χ2v) is 5.17. The molecule has 0 radical (unpaired) electrons. The zero-order chi connectivity index (χ0) is 10.8. The monoisotopic (exact) mass is 272 g/mol. The van der Waals surface area contributed by atoms with E-state index in [4.69, 9.17) is 0 Å². The van der Waals surface area contributed by atoms with Crippen molar-refractivity contribution in [2.24, 2.45) is 7.05 Å². The van der Waals surface area contributed by atoms with Crippen LogP contribution in [0.5, 0.6) is 0 Å². The lowest BCUT2D eigenvalue weighted by molar-refractivity contribution is 0.131. The minimum absolute atomic E-state index is 0.209. The number of hydrogen-bond donors (Lipinski definition) is 1. The first-order chi connectivity index (χ1) is 7.20. The molecule has 0 aliphatic heterocycles. The first-order valence-electron chi connectivity index (χ1n) is 5.55. The smallest absolute Gasteiger partial charge is 0.0635 e. The second-order valence-electron chi connectivity index (χ2n) is 4.31. The van der Waals surface area contributed by atoms with Gasteiger partial charge in [-0.25, -0.2) is 0 Å². The third-order valence-electron chi connectivity index (χ3n) is 3.27. The Bertz CT molecular complexity index is 318. The topological polar surface area (TPSA) is 38.0 Å². The standard InChI is InChI=1S/C11H17BrN2O/c1-14-11(9(12)7-13-14)8-5-3-2-4-6-10(8)15/h7-8,10,15H,2-6H2,1H3. The molecule has 2 rings (SSSR count). The lowest BCUT2D eigenvalue weighted by atomic mass is 9.94. The number of aliphatic hydroxyl groups is 1. The number of aliphatic hydroxyl groups excluding tert-OH is 1. The second kappa shape index (κ2) is 4.66. The molecule has 1 aliphatic carbocycles. The van der Waals surface area contributed by atoms with Gasteiger partial charge in [0.1, 0.15) is 0 Å². The summed E-state index contributed by atoms with van der Waals surface area (Å²) in [6, 6.07) is 0. The summed E-state index contributed by atoms with van der Waals surface area (Å²) >= 11 is 3.51. The van der Waals surface area contributed by atoms with E-state index in [1.165, 1.54) is 12.8 Å². The molecule has 1 fully saturated rings. The van der Waals surface area contributed by atoms with Gasteiger partial charge in [0.15, 0.2) is 0 Å². The first kappa shape index (κ1) is 11.1. The van der Waals surface area contributed by atoms with Crippen LogP contribution in [-0.4, -0.2) is 21.0 Å². The van der Waals surface area contributed by atoms with Crippen LogP contribution in [0.1, 0.15) is 43.7 Å². The van der Waals surface area contributed by atoms with E-state index in [-0.39, 0.29) is 12.0 Å². The van der Waals surface area contributed by atoms with Gasteiger partial charge in [-0.15, -0.1) is 0 Å². The van der Waals surface area contributed by atoms with Crippen molar-refractivity contribution in [3.63, 3.8) is 0 Å². The third-order valence-corrected chi connectivity index (χ3v) is 3.88. The highest BCUT2D eigenvalue weighted by molar-refractivity contribution is 9.10. The molecule has 0 amide bonds. The van der Waals surface area contributed by atoms with E-state index >= 15 is 0 Å². The molecule has 1 saturated carbocycles. The summed E-state index contributed by atoms with van der Waals surface area (Å²) in [5, 5.41) is 14.3. The minimum Gasteiger partial charge on any atom is -0.392 e. The predicted octanol–water partition coefficient (Wildman–Crippen LogP) is 2.59. The summed E-state index contributed by atoms with van der Waals surface area (Å²) in [4.78, 5) is 0. The molecule has 1 N–H and O–H groups in total. The van der Waals surface area contributed by atoms with Gasteiger partial charge in [0.25, 0.3) is 0 Å². The maximum Gasteiger partial charge on any atom is 0.0635 e. The van der Waals surface area contributed by atoms with Gasteiger partial charge in [-0.3, -0.25) is 4.68 Å². The molecule has 2 atom stereocenters. The number of aromatic nitrogens is 2. The average molecular weight is 273 g/mol. The quantitative estimate of drug-likeness (QED) is 0.799. The Kier molecular flexibility index (Phi) is 3.46. The van der Waals surface area contributed by atoms with Gasteiger partial charge in [-0.2, -0.15) is 5.10 Å². The van der Waals surface area contributed by atoms with E-state index in [0.717, 1.165) is 29.4 Å². The maximum absolute atomic E-state index is 10.1. The molecule has 1 aliphatic rings. The van der Waals surface area contributed by atoms with Crippen molar-refractivity contribution in [2.45, 2.75) is 44.1 Å². The van der Waals surface area contributed by atoms with Crippen LogP contribution in [0.2, 0.25) is 0 Å². The number of nitrogens with zero attached hydrogens (tertiary/aromatic N) is 2. The average Bonchev–Trinajstić information content (AvgIpc) is 2.42. The maximum atomic E-state index is 10.1. The summed E-state index contributed by atoms with van der Waals surface area (Å²) in [5.74, 6) is 0.245. The highest BCUT2D eigenvalue weighted by atomic mass is 79.9. The molecule has 0 spiro atoms. The highest BCUT2D eigenvalue weighted by Gasteiger charge is 2.27. The Hall–Kier alpha value is -0.350. The van der Waals surface area contributed by atoms with Crippen molar-refractivity contribution in [1.82, 2.24) is 9.78 Å². The van der Waals surface area contributed by atoms with Crippen molar-refractivity contribution in [2.75, 3.05) is 0 Å². The van der Waals surface area contributed by atoms with Gasteiger partial charge in [-0.1, -0.05) is 19.3 Å². The Morgan fingerprint density at radius 3 is 2.80 bits per heavy atom. The molecule has 0 bridgehead atoms. The van der Waals surface area contributed by atoms with Crippen LogP contribution in [0.4, 0.5) is 0 Å². The Labute approximate surface area is 98.6 Å². The van der Waals surface area contributed by atoms with Gasteiger partial charge < -0.3 is 5.11 Å². The first-order valence-corrected chi connectivity index (χ1v) is 6.35. The molecule has 84 valence electrons.